The molecule has 0 saturated carbocycles. The number of benzene rings is 2. The number of rotatable bonds is 7. The minimum absolute atomic E-state index is 0.258. The van der Waals surface area contributed by atoms with Crippen LogP contribution in [0.3, 0.4) is 0 Å². The van der Waals surface area contributed by atoms with Gasteiger partial charge in [0.05, 0.1) is 17.7 Å². The first-order valence-corrected chi connectivity index (χ1v) is 13.2. The highest BCUT2D eigenvalue weighted by atomic mass is 16.5. The Morgan fingerprint density at radius 1 is 1.12 bits per heavy atom. The second kappa shape index (κ2) is 11.2. The molecule has 1 fully saturated rings. The summed E-state index contributed by atoms with van der Waals surface area (Å²) < 4.78 is 5.50. The highest BCUT2D eigenvalue weighted by Gasteiger charge is 2.22. The molecule has 3 heterocycles. The van der Waals surface area contributed by atoms with Crippen LogP contribution in [-0.2, 0) is 10.2 Å². The molecule has 204 valence electrons. The molecule has 10 heteroatoms. The molecule has 1 aliphatic heterocycles. The van der Waals surface area contributed by atoms with Crippen LogP contribution in [0.5, 0.6) is 0 Å². The van der Waals surface area contributed by atoms with Gasteiger partial charge in [-0.1, -0.05) is 18.2 Å². The molecule has 0 aliphatic carbocycles. The van der Waals surface area contributed by atoms with E-state index in [0.717, 1.165) is 42.9 Å². The molecule has 0 spiro atoms. The van der Waals surface area contributed by atoms with E-state index in [0.29, 0.717) is 40.1 Å². The van der Waals surface area contributed by atoms with Gasteiger partial charge < -0.3 is 20.3 Å². The van der Waals surface area contributed by atoms with Crippen molar-refractivity contribution in [2.45, 2.75) is 45.1 Å². The van der Waals surface area contributed by atoms with Crippen LogP contribution in [0.25, 0.3) is 11.0 Å². The van der Waals surface area contributed by atoms with E-state index in [2.05, 4.69) is 36.6 Å². The maximum atomic E-state index is 13.1. The minimum atomic E-state index is -0.694. The number of nitrogens with one attached hydrogen (secondary N) is 2. The lowest BCUT2D eigenvalue weighted by molar-refractivity contribution is 0.0852. The molecule has 10 nitrogen and oxygen atoms in total. The first kappa shape index (κ1) is 27.0. The Bertz CT molecular complexity index is 1590. The molecular weight excluding hydrogens is 504 g/mol. The van der Waals surface area contributed by atoms with Gasteiger partial charge in [0.1, 0.15) is 17.4 Å². The van der Waals surface area contributed by atoms with Crippen LogP contribution in [0.15, 0.2) is 55.0 Å². The lowest BCUT2D eigenvalue weighted by Crippen LogP contribution is -2.37. The van der Waals surface area contributed by atoms with Gasteiger partial charge in [-0.2, -0.15) is 5.26 Å². The van der Waals surface area contributed by atoms with Gasteiger partial charge in [-0.25, -0.2) is 19.9 Å². The second-order valence-corrected chi connectivity index (χ2v) is 10.5. The summed E-state index contributed by atoms with van der Waals surface area (Å²) in [4.78, 5) is 33.3. The van der Waals surface area contributed by atoms with Crippen molar-refractivity contribution in [2.24, 2.45) is 0 Å². The number of carbonyl (C=O) groups excluding carboxylic acids is 1. The van der Waals surface area contributed by atoms with Crippen molar-refractivity contribution in [2.75, 3.05) is 35.8 Å². The molecule has 4 aromatic rings. The van der Waals surface area contributed by atoms with Gasteiger partial charge in [0.25, 0.3) is 5.91 Å². The standard InChI is InChI=1S/C30H32N8O2/c1-19-8-9-22(35-28(39)20-6-5-7-21(14-20)30(2,3)17-31)15-24(19)36-27-26-25(33-18-34-27)16-32-29(37-26)38(4)23-10-12-40-13-11-23/h5-9,14-16,18,23H,10-13H2,1-4H3,(H,35,39)(H,33,34,36). The van der Waals surface area contributed by atoms with Crippen molar-refractivity contribution in [1.82, 2.24) is 19.9 Å². The van der Waals surface area contributed by atoms with Crippen LogP contribution in [0.1, 0.15) is 48.2 Å². The van der Waals surface area contributed by atoms with E-state index in [-0.39, 0.29) is 5.91 Å². The van der Waals surface area contributed by atoms with Gasteiger partial charge in [-0.3, -0.25) is 4.79 Å². The largest absolute Gasteiger partial charge is 0.381 e. The fourth-order valence-electron chi connectivity index (χ4n) is 4.62. The number of hydrogen-bond acceptors (Lipinski definition) is 9. The van der Waals surface area contributed by atoms with E-state index in [4.69, 9.17) is 9.72 Å². The van der Waals surface area contributed by atoms with Crippen molar-refractivity contribution in [1.29, 1.82) is 5.26 Å². The fourth-order valence-corrected chi connectivity index (χ4v) is 4.62. The zero-order chi connectivity index (χ0) is 28.3. The van der Waals surface area contributed by atoms with Crippen molar-refractivity contribution in [3.63, 3.8) is 0 Å². The molecule has 0 radical (unpaired) electrons. The number of nitriles is 1. The van der Waals surface area contributed by atoms with E-state index in [9.17, 15) is 10.1 Å². The maximum absolute atomic E-state index is 13.1. The number of aryl methyl sites for hydroxylation is 1. The van der Waals surface area contributed by atoms with E-state index in [1.54, 1.807) is 24.4 Å². The van der Waals surface area contributed by atoms with Gasteiger partial charge in [0, 0.05) is 43.2 Å². The third-order valence-corrected chi connectivity index (χ3v) is 7.29. The van der Waals surface area contributed by atoms with E-state index < -0.39 is 5.41 Å². The van der Waals surface area contributed by atoms with Crippen molar-refractivity contribution < 1.29 is 9.53 Å². The van der Waals surface area contributed by atoms with E-state index in [1.165, 1.54) is 6.33 Å². The smallest absolute Gasteiger partial charge is 0.255 e. The Labute approximate surface area is 233 Å². The van der Waals surface area contributed by atoms with Gasteiger partial charge >= 0.3 is 0 Å². The Hall–Kier alpha value is -4.62. The lowest BCUT2D eigenvalue weighted by atomic mass is 9.85. The van der Waals surface area contributed by atoms with Crippen LogP contribution in [-0.4, -0.2) is 52.1 Å². The Balaban J connectivity index is 1.39. The normalized spacial score (nSPS) is 14.0. The topological polar surface area (TPSA) is 129 Å². The van der Waals surface area contributed by atoms with Crippen molar-refractivity contribution in [3.05, 3.63) is 71.7 Å². The molecule has 1 aliphatic rings. The summed E-state index contributed by atoms with van der Waals surface area (Å²) in [5, 5.41) is 15.8. The summed E-state index contributed by atoms with van der Waals surface area (Å²) in [6.45, 7) is 7.09. The summed E-state index contributed by atoms with van der Waals surface area (Å²) in [6, 6.07) is 15.4. The van der Waals surface area contributed by atoms with Gasteiger partial charge in [0.15, 0.2) is 5.82 Å². The predicted octanol–water partition coefficient (Wildman–Crippen LogP) is 5.14. The first-order valence-electron chi connectivity index (χ1n) is 13.2. The van der Waals surface area contributed by atoms with E-state index >= 15 is 0 Å². The monoisotopic (exact) mass is 536 g/mol. The summed E-state index contributed by atoms with van der Waals surface area (Å²) in [5.74, 6) is 0.898. The number of anilines is 4. The number of nitrogens with zero attached hydrogens (tertiary/aromatic N) is 6. The molecule has 1 saturated heterocycles. The molecular formula is C30H32N8O2. The number of ether oxygens (including phenoxy) is 1. The molecule has 2 aromatic heterocycles. The average molecular weight is 537 g/mol. The van der Waals surface area contributed by atoms with Crippen LogP contribution in [0.4, 0.5) is 23.1 Å². The van der Waals surface area contributed by atoms with Gasteiger partial charge in [0.2, 0.25) is 5.95 Å². The third kappa shape index (κ3) is 5.70. The maximum Gasteiger partial charge on any atom is 0.255 e. The lowest BCUT2D eigenvalue weighted by Gasteiger charge is -2.31. The number of carbonyl (C=O) groups is 1. The van der Waals surface area contributed by atoms with Crippen LogP contribution in [0.2, 0.25) is 0 Å². The number of amides is 1. The van der Waals surface area contributed by atoms with Crippen LogP contribution < -0.4 is 15.5 Å². The minimum Gasteiger partial charge on any atom is -0.381 e. The van der Waals surface area contributed by atoms with Crippen LogP contribution in [0, 0.1) is 18.3 Å². The second-order valence-electron chi connectivity index (χ2n) is 10.5. The number of hydrogen-bond donors (Lipinski definition) is 2. The summed E-state index contributed by atoms with van der Waals surface area (Å²) in [7, 11) is 2.00. The summed E-state index contributed by atoms with van der Waals surface area (Å²) in [5.41, 5.74) is 4.17. The molecule has 0 bridgehead atoms. The highest BCUT2D eigenvalue weighted by Crippen LogP contribution is 2.28. The number of aromatic nitrogens is 4. The highest BCUT2D eigenvalue weighted by molar-refractivity contribution is 6.04. The molecule has 40 heavy (non-hydrogen) atoms. The van der Waals surface area contributed by atoms with Crippen molar-refractivity contribution >= 4 is 40.1 Å². The molecule has 2 aromatic carbocycles. The Morgan fingerprint density at radius 3 is 2.70 bits per heavy atom. The Morgan fingerprint density at radius 2 is 1.93 bits per heavy atom. The summed E-state index contributed by atoms with van der Waals surface area (Å²) >= 11 is 0. The van der Waals surface area contributed by atoms with E-state index in [1.807, 2.05) is 52.1 Å². The number of fused-ring (bicyclic) bond motifs is 1. The first-order chi connectivity index (χ1) is 19.2. The average Bonchev–Trinajstić information content (AvgIpc) is 2.99. The van der Waals surface area contributed by atoms with Gasteiger partial charge in [-0.05, 0) is 69.0 Å². The molecule has 0 atom stereocenters. The SMILES string of the molecule is Cc1ccc(NC(=O)c2cccc(C(C)(C)C#N)c2)cc1Nc1ncnc2cnc(N(C)C3CCOCC3)nc12. The molecule has 0 unspecified atom stereocenters. The molecule has 5 rings (SSSR count). The molecule has 1 amide bonds. The Kier molecular flexibility index (Phi) is 7.58. The molecule has 2 N–H and O–H groups in total. The predicted molar refractivity (Wildman–Crippen MR) is 155 cm³/mol. The summed E-state index contributed by atoms with van der Waals surface area (Å²) in [6.07, 6.45) is 5.04. The quantitative estimate of drug-likeness (QED) is 0.330. The third-order valence-electron chi connectivity index (χ3n) is 7.29. The van der Waals surface area contributed by atoms with Crippen molar-refractivity contribution in [3.8, 4) is 6.07 Å². The zero-order valence-electron chi connectivity index (χ0n) is 23.1. The van der Waals surface area contributed by atoms with Crippen LogP contribution >= 0.6 is 0 Å². The zero-order valence-corrected chi connectivity index (χ0v) is 23.1. The fraction of sp³-hybridized carbons (Fsp3) is 0.333. The van der Waals surface area contributed by atoms with Gasteiger partial charge in [-0.15, -0.1) is 0 Å².